The van der Waals surface area contributed by atoms with Gasteiger partial charge >= 0.3 is 6.09 Å². The van der Waals surface area contributed by atoms with Gasteiger partial charge in [0, 0.05) is 30.2 Å². The Kier molecular flexibility index (Phi) is 8.07. The average Bonchev–Trinajstić information content (AvgIpc) is 2.85. The first-order valence-electron chi connectivity index (χ1n) is 12.5. The second kappa shape index (κ2) is 11.1. The minimum atomic E-state index is -0.504. The number of fused-ring (bicyclic) bond motifs is 1. The summed E-state index contributed by atoms with van der Waals surface area (Å²) in [7, 11) is 3.49. The molecule has 9 heteroatoms. The molecule has 0 bridgehead atoms. The highest BCUT2D eigenvalue weighted by Crippen LogP contribution is 2.36. The number of anilines is 2. The molecule has 1 aromatic heterocycles. The van der Waals surface area contributed by atoms with Crippen molar-refractivity contribution in [3.63, 3.8) is 0 Å². The summed E-state index contributed by atoms with van der Waals surface area (Å²) in [5.41, 5.74) is 1.95. The van der Waals surface area contributed by atoms with Gasteiger partial charge in [-0.2, -0.15) is 0 Å². The Hall–Kier alpha value is -3.13. The van der Waals surface area contributed by atoms with Gasteiger partial charge in [-0.05, 0) is 88.6 Å². The topological polar surface area (TPSA) is 76.6 Å². The van der Waals surface area contributed by atoms with E-state index in [1.165, 1.54) is 18.5 Å². The maximum Gasteiger partial charge on any atom is 0.410 e. The molecule has 0 spiro atoms. The molecule has 4 rings (SSSR count). The number of aromatic nitrogens is 2. The van der Waals surface area contributed by atoms with E-state index in [-0.39, 0.29) is 17.2 Å². The third-order valence-electron chi connectivity index (χ3n) is 6.77. The van der Waals surface area contributed by atoms with Crippen LogP contribution >= 0.6 is 11.6 Å². The second-order valence-corrected chi connectivity index (χ2v) is 11.0. The lowest BCUT2D eigenvalue weighted by Crippen LogP contribution is -2.42. The number of amides is 1. The number of carbonyl (C=O) groups excluding carboxylic acids is 1. The molecule has 37 heavy (non-hydrogen) atoms. The molecule has 1 aliphatic carbocycles. The predicted molar refractivity (Wildman–Crippen MR) is 144 cm³/mol. The summed E-state index contributed by atoms with van der Waals surface area (Å²) in [4.78, 5) is 23.1. The van der Waals surface area contributed by atoms with Crippen LogP contribution in [0.15, 0.2) is 36.7 Å². The van der Waals surface area contributed by atoms with Crippen LogP contribution < -0.4 is 10.1 Å². The summed E-state index contributed by atoms with van der Waals surface area (Å²) in [6, 6.07) is 8.64. The van der Waals surface area contributed by atoms with Crippen molar-refractivity contribution in [2.45, 2.75) is 64.5 Å². The molecule has 7 nitrogen and oxygen atoms in total. The first-order chi connectivity index (χ1) is 17.5. The molecule has 0 atom stereocenters. The van der Waals surface area contributed by atoms with Crippen molar-refractivity contribution in [3.8, 4) is 5.75 Å². The van der Waals surface area contributed by atoms with Gasteiger partial charge in [-0.3, -0.25) is 0 Å². The Morgan fingerprint density at radius 1 is 1.16 bits per heavy atom. The van der Waals surface area contributed by atoms with Crippen molar-refractivity contribution in [1.82, 2.24) is 14.9 Å². The van der Waals surface area contributed by atoms with Gasteiger partial charge in [0.25, 0.3) is 0 Å². The molecule has 1 aliphatic rings. The molecule has 1 N–H and O–H groups in total. The van der Waals surface area contributed by atoms with E-state index in [1.54, 1.807) is 18.1 Å². The van der Waals surface area contributed by atoms with Crippen LogP contribution in [-0.4, -0.2) is 46.8 Å². The van der Waals surface area contributed by atoms with Crippen LogP contribution in [0.2, 0.25) is 5.02 Å². The van der Waals surface area contributed by atoms with Crippen LogP contribution in [0, 0.1) is 11.7 Å². The highest BCUT2D eigenvalue weighted by Gasteiger charge is 2.30. The van der Waals surface area contributed by atoms with Crippen molar-refractivity contribution in [2.75, 3.05) is 19.5 Å². The number of ether oxygens (including phenoxy) is 2. The van der Waals surface area contributed by atoms with Gasteiger partial charge in [0.05, 0.1) is 17.6 Å². The quantitative estimate of drug-likeness (QED) is 0.366. The molecule has 1 fully saturated rings. The molecule has 1 amide bonds. The van der Waals surface area contributed by atoms with Gasteiger partial charge in [-0.25, -0.2) is 19.2 Å². The monoisotopic (exact) mass is 528 g/mol. The lowest BCUT2D eigenvalue weighted by atomic mass is 9.81. The van der Waals surface area contributed by atoms with Crippen molar-refractivity contribution >= 4 is 40.1 Å². The maximum atomic E-state index is 13.6. The van der Waals surface area contributed by atoms with Crippen molar-refractivity contribution in [3.05, 3.63) is 53.1 Å². The number of halogens is 2. The van der Waals surface area contributed by atoms with Crippen LogP contribution in [0.3, 0.4) is 0 Å². The summed E-state index contributed by atoms with van der Waals surface area (Å²) in [6.45, 7) is 5.65. The van der Waals surface area contributed by atoms with Crippen LogP contribution in [-0.2, 0) is 11.2 Å². The Morgan fingerprint density at radius 3 is 2.54 bits per heavy atom. The molecule has 3 aromatic rings. The van der Waals surface area contributed by atoms with Crippen molar-refractivity contribution < 1.29 is 18.7 Å². The van der Waals surface area contributed by atoms with E-state index in [0.717, 1.165) is 54.3 Å². The van der Waals surface area contributed by atoms with Crippen molar-refractivity contribution in [2.24, 2.45) is 5.92 Å². The van der Waals surface area contributed by atoms with Gasteiger partial charge in [-0.15, -0.1) is 0 Å². The van der Waals surface area contributed by atoms with E-state index in [4.69, 9.17) is 21.1 Å². The number of nitrogens with zero attached hydrogens (tertiary/aromatic N) is 3. The zero-order valence-electron chi connectivity index (χ0n) is 22.0. The molecule has 0 unspecified atom stereocenters. The molecule has 0 saturated heterocycles. The van der Waals surface area contributed by atoms with Crippen LogP contribution in [0.1, 0.15) is 52.0 Å². The lowest BCUT2D eigenvalue weighted by Gasteiger charge is -2.35. The first-order valence-corrected chi connectivity index (χ1v) is 12.9. The van der Waals surface area contributed by atoms with Crippen LogP contribution in [0.5, 0.6) is 5.75 Å². The third-order valence-corrected chi connectivity index (χ3v) is 7.06. The number of hydrogen-bond acceptors (Lipinski definition) is 6. The SMILES string of the molecule is COc1cc2ncnc(Nc3ccc(F)c(Cl)c3)c2cc1C[C@H]1CC[C@@H](N(C)C(=O)OC(C)(C)C)CC1. The normalized spacial score (nSPS) is 17.9. The summed E-state index contributed by atoms with van der Waals surface area (Å²) in [5, 5.41) is 4.12. The fourth-order valence-electron chi connectivity index (χ4n) is 4.82. The van der Waals surface area contributed by atoms with E-state index in [2.05, 4.69) is 21.4 Å². The molecular weight excluding hydrogens is 495 g/mol. The molecule has 0 aliphatic heterocycles. The zero-order chi connectivity index (χ0) is 26.7. The summed E-state index contributed by atoms with van der Waals surface area (Å²) >= 11 is 5.95. The largest absolute Gasteiger partial charge is 0.496 e. The van der Waals surface area contributed by atoms with Crippen LogP contribution in [0.4, 0.5) is 20.7 Å². The smallest absolute Gasteiger partial charge is 0.410 e. The molecule has 1 heterocycles. The van der Waals surface area contributed by atoms with Gasteiger partial charge in [0.1, 0.15) is 29.3 Å². The third kappa shape index (κ3) is 6.60. The Morgan fingerprint density at radius 2 is 1.89 bits per heavy atom. The summed E-state index contributed by atoms with van der Waals surface area (Å²) < 4.78 is 24.8. The molecule has 0 radical (unpaired) electrons. The average molecular weight is 529 g/mol. The number of hydrogen-bond donors (Lipinski definition) is 1. The number of nitrogens with one attached hydrogen (secondary N) is 1. The predicted octanol–water partition coefficient (Wildman–Crippen LogP) is 7.14. The number of methoxy groups -OCH3 is 1. The minimum absolute atomic E-state index is 0.0404. The van der Waals surface area contributed by atoms with Crippen LogP contribution in [0.25, 0.3) is 10.9 Å². The second-order valence-electron chi connectivity index (χ2n) is 10.6. The van der Waals surface area contributed by atoms with Gasteiger partial charge in [0.15, 0.2) is 0 Å². The number of carbonyl (C=O) groups is 1. The van der Waals surface area contributed by atoms with Gasteiger partial charge < -0.3 is 19.7 Å². The summed E-state index contributed by atoms with van der Waals surface area (Å²) in [6.07, 6.45) is 5.92. The van der Waals surface area contributed by atoms with E-state index in [9.17, 15) is 9.18 Å². The minimum Gasteiger partial charge on any atom is -0.496 e. The van der Waals surface area contributed by atoms with Gasteiger partial charge in [-0.1, -0.05) is 11.6 Å². The molecule has 198 valence electrons. The number of rotatable bonds is 6. The van der Waals surface area contributed by atoms with E-state index < -0.39 is 11.4 Å². The molecule has 2 aromatic carbocycles. The van der Waals surface area contributed by atoms with E-state index in [0.29, 0.717) is 17.4 Å². The van der Waals surface area contributed by atoms with E-state index >= 15 is 0 Å². The van der Waals surface area contributed by atoms with Crippen molar-refractivity contribution in [1.29, 1.82) is 0 Å². The molecular formula is C28H34ClFN4O3. The zero-order valence-corrected chi connectivity index (χ0v) is 22.7. The van der Waals surface area contributed by atoms with E-state index in [1.807, 2.05) is 33.9 Å². The highest BCUT2D eigenvalue weighted by atomic mass is 35.5. The first kappa shape index (κ1) is 26.9. The highest BCUT2D eigenvalue weighted by molar-refractivity contribution is 6.31. The standard InChI is InChI=1S/C28H34ClFN4O3/c1-28(2,3)37-27(35)34(4)20-9-6-17(7-10-20)12-18-13-21-24(15-25(18)36-5)31-16-32-26(21)33-19-8-11-23(30)22(29)14-19/h8,11,13-17,20H,6-7,9-10,12H2,1-5H3,(H,31,32,33)/t17-,20+. The Balaban J connectivity index is 1.49. The number of benzene rings is 2. The molecule has 1 saturated carbocycles. The summed E-state index contributed by atoms with van der Waals surface area (Å²) in [5.74, 6) is 1.39. The Bertz CT molecular complexity index is 1270. The van der Waals surface area contributed by atoms with Gasteiger partial charge in [0.2, 0.25) is 0 Å². The Labute approximate surface area is 222 Å². The fraction of sp³-hybridized carbons (Fsp3) is 0.464. The lowest BCUT2D eigenvalue weighted by molar-refractivity contribution is 0.0172. The maximum absolute atomic E-state index is 13.6. The fourth-order valence-corrected chi connectivity index (χ4v) is 5.00.